The van der Waals surface area contributed by atoms with Crippen LogP contribution >= 0.6 is 23.1 Å². The smallest absolute Gasteiger partial charge is 0.166 e. The highest BCUT2D eigenvalue weighted by Crippen LogP contribution is 2.36. The van der Waals surface area contributed by atoms with Gasteiger partial charge in [-0.15, -0.1) is 16.4 Å². The van der Waals surface area contributed by atoms with Gasteiger partial charge in [0.05, 0.1) is 11.4 Å². The lowest BCUT2D eigenvalue weighted by molar-refractivity contribution is 0.777. The molecule has 0 aliphatic rings. The molecule has 0 radical (unpaired) electrons. The van der Waals surface area contributed by atoms with Crippen LogP contribution in [0.4, 0.5) is 0 Å². The topological polar surface area (TPSA) is 69.4 Å². The maximum absolute atomic E-state index is 4.50. The van der Waals surface area contributed by atoms with Crippen LogP contribution in [0.3, 0.4) is 0 Å². The van der Waals surface area contributed by atoms with E-state index in [4.69, 9.17) is 0 Å². The zero-order valence-corrected chi connectivity index (χ0v) is 16.3. The summed E-state index contributed by atoms with van der Waals surface area (Å²) in [5, 5.41) is 14.1. The molecule has 0 spiro atoms. The molecule has 0 bridgehead atoms. The number of nitrogens with zero attached hydrogens (tertiary/aromatic N) is 6. The maximum atomic E-state index is 4.50. The molecule has 0 unspecified atom stereocenters. The summed E-state index contributed by atoms with van der Waals surface area (Å²) in [5.41, 5.74) is 2.13. The molecule has 3 heterocycles. The quantitative estimate of drug-likeness (QED) is 0.315. The van der Waals surface area contributed by atoms with E-state index in [0.717, 1.165) is 26.8 Å². The molecule has 0 amide bonds. The minimum Gasteiger partial charge on any atom is -0.229 e. The molecule has 0 saturated carbocycles. The number of thioether (sulfide) groups is 1. The fraction of sp³-hybridized carbons (Fsp3) is 0.0500. The molecule has 8 heteroatoms. The van der Waals surface area contributed by atoms with E-state index in [-0.39, 0.29) is 0 Å². The monoisotopic (exact) mass is 402 g/mol. The third-order valence-corrected chi connectivity index (χ3v) is 6.32. The normalized spacial score (nSPS) is 11.1. The van der Waals surface area contributed by atoms with Crippen LogP contribution in [0.1, 0.15) is 5.82 Å². The summed E-state index contributed by atoms with van der Waals surface area (Å²) < 4.78 is 1.76. The van der Waals surface area contributed by atoms with Crippen molar-refractivity contribution in [3.8, 4) is 16.1 Å². The third-order valence-electron chi connectivity index (χ3n) is 4.22. The average molecular weight is 403 g/mol. The predicted molar refractivity (Wildman–Crippen MR) is 112 cm³/mol. The van der Waals surface area contributed by atoms with E-state index < -0.39 is 0 Å². The first-order valence-electron chi connectivity index (χ1n) is 8.64. The van der Waals surface area contributed by atoms with E-state index in [1.165, 1.54) is 10.4 Å². The summed E-state index contributed by atoms with van der Waals surface area (Å²) in [6.45, 7) is 0. The third kappa shape index (κ3) is 3.28. The predicted octanol–water partition coefficient (Wildman–Crippen LogP) is 4.63. The Morgan fingerprint density at radius 3 is 2.54 bits per heavy atom. The average Bonchev–Trinajstić information content (AvgIpc) is 3.41. The zero-order valence-electron chi connectivity index (χ0n) is 14.6. The maximum Gasteiger partial charge on any atom is 0.166 e. The van der Waals surface area contributed by atoms with Gasteiger partial charge in [0.2, 0.25) is 0 Å². The number of tetrazole rings is 1. The molecule has 0 atom stereocenters. The van der Waals surface area contributed by atoms with Gasteiger partial charge in [0.15, 0.2) is 5.82 Å². The Hall–Kier alpha value is -3.10. The lowest BCUT2D eigenvalue weighted by atomic mass is 10.2. The van der Waals surface area contributed by atoms with Gasteiger partial charge in [0.25, 0.3) is 0 Å². The van der Waals surface area contributed by atoms with E-state index in [2.05, 4.69) is 43.7 Å². The van der Waals surface area contributed by atoms with E-state index in [1.54, 1.807) is 34.1 Å². The van der Waals surface area contributed by atoms with Crippen molar-refractivity contribution in [3.05, 3.63) is 78.9 Å². The summed E-state index contributed by atoms with van der Waals surface area (Å²) in [4.78, 5) is 11.1. The van der Waals surface area contributed by atoms with Gasteiger partial charge in [0, 0.05) is 10.3 Å². The molecule has 0 aliphatic carbocycles. The van der Waals surface area contributed by atoms with Gasteiger partial charge in [-0.05, 0) is 34.2 Å². The summed E-state index contributed by atoms with van der Waals surface area (Å²) in [6, 6.07) is 22.4. The number of para-hydroxylation sites is 1. The van der Waals surface area contributed by atoms with E-state index >= 15 is 0 Å². The summed E-state index contributed by atoms with van der Waals surface area (Å²) in [5.74, 6) is 1.39. The van der Waals surface area contributed by atoms with Crippen molar-refractivity contribution in [2.75, 3.05) is 0 Å². The molecule has 6 nitrogen and oxygen atoms in total. The van der Waals surface area contributed by atoms with Crippen LogP contribution in [0.25, 0.3) is 26.3 Å². The molecule has 136 valence electrons. The fourth-order valence-corrected chi connectivity index (χ4v) is 4.84. The molecule has 5 rings (SSSR count). The van der Waals surface area contributed by atoms with E-state index in [0.29, 0.717) is 5.75 Å². The van der Waals surface area contributed by atoms with Gasteiger partial charge in [-0.25, -0.2) is 9.97 Å². The van der Waals surface area contributed by atoms with Gasteiger partial charge >= 0.3 is 0 Å². The molecule has 0 N–H and O–H groups in total. The molecule has 5 aromatic rings. The van der Waals surface area contributed by atoms with Gasteiger partial charge in [-0.3, -0.25) is 0 Å². The number of fused-ring (bicyclic) bond motifs is 1. The molecule has 0 saturated heterocycles. The molecular formula is C20H14N6S2. The molecule has 28 heavy (non-hydrogen) atoms. The number of benzene rings is 2. The standard InChI is InChI=1S/C20H14N6S2/c1-3-7-14(8-4-1)17-11-16-19(21-13-22-20(16)28-17)27-12-18-23-24-25-26(18)15-9-5-2-6-10-15/h1-11,13H,12H2. The Bertz CT molecular complexity index is 1220. The summed E-state index contributed by atoms with van der Waals surface area (Å²) in [7, 11) is 0. The number of thiophene rings is 1. The number of hydrogen-bond donors (Lipinski definition) is 0. The van der Waals surface area contributed by atoms with Gasteiger partial charge < -0.3 is 0 Å². The lowest BCUT2D eigenvalue weighted by Crippen LogP contribution is -2.02. The van der Waals surface area contributed by atoms with Crippen molar-refractivity contribution in [2.24, 2.45) is 0 Å². The number of hydrogen-bond acceptors (Lipinski definition) is 7. The highest BCUT2D eigenvalue weighted by atomic mass is 32.2. The van der Waals surface area contributed by atoms with Crippen LogP contribution in [0.15, 0.2) is 78.1 Å². The lowest BCUT2D eigenvalue weighted by Gasteiger charge is -2.04. The van der Waals surface area contributed by atoms with Gasteiger partial charge in [-0.1, -0.05) is 60.3 Å². The fourth-order valence-electron chi connectivity index (χ4n) is 2.89. The van der Waals surface area contributed by atoms with Crippen LogP contribution in [-0.2, 0) is 5.75 Å². The molecule has 0 fully saturated rings. The Kier molecular flexibility index (Phi) is 4.56. The minimum absolute atomic E-state index is 0.616. The van der Waals surface area contributed by atoms with Crippen LogP contribution < -0.4 is 0 Å². The second-order valence-electron chi connectivity index (χ2n) is 6.01. The van der Waals surface area contributed by atoms with E-state index in [1.807, 2.05) is 48.5 Å². The molecule has 3 aromatic heterocycles. The summed E-state index contributed by atoms with van der Waals surface area (Å²) in [6.07, 6.45) is 1.62. The van der Waals surface area contributed by atoms with Crippen molar-refractivity contribution in [1.29, 1.82) is 0 Å². The number of rotatable bonds is 5. The Morgan fingerprint density at radius 1 is 0.929 bits per heavy atom. The first-order chi connectivity index (χ1) is 13.9. The largest absolute Gasteiger partial charge is 0.229 e. The Balaban J connectivity index is 1.44. The molecule has 0 aliphatic heterocycles. The van der Waals surface area contributed by atoms with Gasteiger partial charge in [0.1, 0.15) is 16.2 Å². The Labute approximate surface area is 169 Å². The zero-order chi connectivity index (χ0) is 18.8. The van der Waals surface area contributed by atoms with Crippen LogP contribution in [0.2, 0.25) is 0 Å². The molecular weight excluding hydrogens is 388 g/mol. The SMILES string of the molecule is c1ccc(-c2cc3c(SCc4nnnn4-c4ccccc4)ncnc3s2)cc1. The van der Waals surface area contributed by atoms with Crippen molar-refractivity contribution in [1.82, 2.24) is 30.2 Å². The second-order valence-corrected chi connectivity index (χ2v) is 8.00. The highest BCUT2D eigenvalue weighted by molar-refractivity contribution is 7.98. The summed E-state index contributed by atoms with van der Waals surface area (Å²) >= 11 is 3.30. The van der Waals surface area contributed by atoms with Crippen molar-refractivity contribution in [3.63, 3.8) is 0 Å². The van der Waals surface area contributed by atoms with Crippen molar-refractivity contribution >= 4 is 33.3 Å². The Morgan fingerprint density at radius 2 is 1.71 bits per heavy atom. The first kappa shape index (κ1) is 17.0. The first-order valence-corrected chi connectivity index (χ1v) is 10.4. The highest BCUT2D eigenvalue weighted by Gasteiger charge is 2.13. The van der Waals surface area contributed by atoms with E-state index in [9.17, 15) is 0 Å². The van der Waals surface area contributed by atoms with Crippen LogP contribution in [0, 0.1) is 0 Å². The van der Waals surface area contributed by atoms with Crippen molar-refractivity contribution < 1.29 is 0 Å². The number of aromatic nitrogens is 6. The minimum atomic E-state index is 0.616. The van der Waals surface area contributed by atoms with Crippen molar-refractivity contribution in [2.45, 2.75) is 10.8 Å². The van der Waals surface area contributed by atoms with Crippen LogP contribution in [-0.4, -0.2) is 30.2 Å². The van der Waals surface area contributed by atoms with Crippen LogP contribution in [0.5, 0.6) is 0 Å². The second kappa shape index (κ2) is 7.49. The molecule has 2 aromatic carbocycles. The van der Waals surface area contributed by atoms with Gasteiger partial charge in [-0.2, -0.15) is 4.68 Å².